The number of hydrogen-bond donors (Lipinski definition) is 0. The van der Waals surface area contributed by atoms with Gasteiger partial charge in [0.1, 0.15) is 6.17 Å². The molecule has 0 aromatic heterocycles. The number of ether oxygens (including phenoxy) is 1. The first-order chi connectivity index (χ1) is 16.0. The zero-order valence-corrected chi connectivity index (χ0v) is 21.4. The SMILES string of the molecule is CC(CC1CCC2OCCN(S(=O)(=O)C3CCCC(C(F)(F)F)C3)C2C1)C1C(F)CCCC1Cl. The zero-order valence-electron chi connectivity index (χ0n) is 19.9. The first kappa shape index (κ1) is 26.9. The second-order valence-electron chi connectivity index (χ2n) is 11.1. The number of alkyl halides is 5. The molecule has 0 N–H and O–H groups in total. The average Bonchev–Trinajstić information content (AvgIpc) is 2.78. The van der Waals surface area contributed by atoms with Crippen molar-refractivity contribution in [3.63, 3.8) is 0 Å². The summed E-state index contributed by atoms with van der Waals surface area (Å²) in [5.41, 5.74) is 0. The molecule has 0 aromatic rings. The molecule has 9 unspecified atom stereocenters. The molecule has 1 heterocycles. The van der Waals surface area contributed by atoms with Crippen molar-refractivity contribution < 1.29 is 30.7 Å². The Balaban J connectivity index is 1.44. The van der Waals surface area contributed by atoms with Crippen molar-refractivity contribution >= 4 is 21.6 Å². The fourth-order valence-electron chi connectivity index (χ4n) is 7.11. The third kappa shape index (κ3) is 5.72. The van der Waals surface area contributed by atoms with Crippen molar-refractivity contribution in [2.75, 3.05) is 13.2 Å². The molecule has 10 heteroatoms. The van der Waals surface area contributed by atoms with Gasteiger partial charge in [0.15, 0.2) is 0 Å². The number of halogens is 5. The molecular weight excluding hydrogens is 494 g/mol. The van der Waals surface area contributed by atoms with E-state index in [1.807, 2.05) is 0 Å². The van der Waals surface area contributed by atoms with Crippen LogP contribution in [0.2, 0.25) is 0 Å². The van der Waals surface area contributed by atoms with Gasteiger partial charge in [0, 0.05) is 17.8 Å². The minimum Gasteiger partial charge on any atom is -0.375 e. The Labute approximate surface area is 206 Å². The molecule has 9 atom stereocenters. The summed E-state index contributed by atoms with van der Waals surface area (Å²) in [5.74, 6) is -1.41. The van der Waals surface area contributed by atoms with Crippen LogP contribution in [0.1, 0.15) is 77.6 Å². The first-order valence-electron chi connectivity index (χ1n) is 13.0. The van der Waals surface area contributed by atoms with Gasteiger partial charge in [-0.15, -0.1) is 11.6 Å². The van der Waals surface area contributed by atoms with Gasteiger partial charge in [0.25, 0.3) is 0 Å². The molecule has 4 fully saturated rings. The molecule has 3 saturated carbocycles. The molecule has 4 rings (SSSR count). The lowest BCUT2D eigenvalue weighted by molar-refractivity contribution is -0.181. The van der Waals surface area contributed by atoms with Crippen LogP contribution in [-0.4, -0.2) is 61.0 Å². The maximum Gasteiger partial charge on any atom is 0.391 e. The molecule has 0 amide bonds. The van der Waals surface area contributed by atoms with E-state index in [0.29, 0.717) is 12.8 Å². The molecule has 4 nitrogen and oxygen atoms in total. The van der Waals surface area contributed by atoms with Crippen molar-refractivity contribution in [3.8, 4) is 0 Å². The van der Waals surface area contributed by atoms with E-state index in [1.165, 1.54) is 4.31 Å². The van der Waals surface area contributed by atoms with E-state index in [1.54, 1.807) is 0 Å². The van der Waals surface area contributed by atoms with E-state index in [9.17, 15) is 26.0 Å². The maximum absolute atomic E-state index is 14.6. The van der Waals surface area contributed by atoms with Gasteiger partial charge < -0.3 is 4.74 Å². The first-order valence-corrected chi connectivity index (χ1v) is 14.9. The Morgan fingerprint density at radius 1 is 1.06 bits per heavy atom. The largest absolute Gasteiger partial charge is 0.391 e. The van der Waals surface area contributed by atoms with Gasteiger partial charge in [-0.05, 0) is 76.0 Å². The summed E-state index contributed by atoms with van der Waals surface area (Å²) in [6.07, 6.45) is -0.0846. The normalized spacial score (nSPS) is 41.6. The molecular formula is C24H38ClF4NO3S. The van der Waals surface area contributed by atoms with Crippen molar-refractivity contribution in [1.29, 1.82) is 0 Å². The van der Waals surface area contributed by atoms with E-state index < -0.39 is 33.5 Å². The zero-order chi connectivity index (χ0) is 24.7. The lowest BCUT2D eigenvalue weighted by Crippen LogP contribution is -2.58. The van der Waals surface area contributed by atoms with Crippen LogP contribution in [0.3, 0.4) is 0 Å². The van der Waals surface area contributed by atoms with Crippen LogP contribution in [0.25, 0.3) is 0 Å². The van der Waals surface area contributed by atoms with E-state index in [0.717, 1.165) is 32.1 Å². The number of nitrogens with zero attached hydrogens (tertiary/aromatic N) is 1. The number of morpholine rings is 1. The number of fused-ring (bicyclic) bond motifs is 1. The Morgan fingerprint density at radius 3 is 2.50 bits per heavy atom. The van der Waals surface area contributed by atoms with Gasteiger partial charge in [-0.25, -0.2) is 12.8 Å². The minimum atomic E-state index is -4.36. The third-order valence-corrected chi connectivity index (χ3v) is 11.8. The second-order valence-corrected chi connectivity index (χ2v) is 13.8. The van der Waals surface area contributed by atoms with E-state index in [4.69, 9.17) is 16.3 Å². The summed E-state index contributed by atoms with van der Waals surface area (Å²) in [4.78, 5) is 0. The van der Waals surface area contributed by atoms with Crippen LogP contribution in [0, 0.1) is 23.7 Å². The van der Waals surface area contributed by atoms with Gasteiger partial charge in [-0.1, -0.05) is 13.3 Å². The Hall–Kier alpha value is -0.120. The smallest absolute Gasteiger partial charge is 0.375 e. The lowest BCUT2D eigenvalue weighted by Gasteiger charge is -2.47. The van der Waals surface area contributed by atoms with Gasteiger partial charge in [-0.2, -0.15) is 17.5 Å². The lowest BCUT2D eigenvalue weighted by atomic mass is 9.72. The average molecular weight is 532 g/mol. The highest BCUT2D eigenvalue weighted by atomic mass is 35.5. The van der Waals surface area contributed by atoms with E-state index >= 15 is 0 Å². The van der Waals surface area contributed by atoms with Gasteiger partial charge in [0.05, 0.1) is 29.9 Å². The Bertz CT molecular complexity index is 788. The predicted octanol–water partition coefficient (Wildman–Crippen LogP) is 6.08. The van der Waals surface area contributed by atoms with E-state index in [-0.39, 0.29) is 74.1 Å². The van der Waals surface area contributed by atoms with E-state index in [2.05, 4.69) is 6.92 Å². The summed E-state index contributed by atoms with van der Waals surface area (Å²) in [6.45, 7) is 2.52. The fourth-order valence-corrected chi connectivity index (χ4v) is 9.92. The Kier molecular flexibility index (Phi) is 8.48. The van der Waals surface area contributed by atoms with Crippen molar-refractivity contribution in [2.45, 2.75) is 113 Å². The van der Waals surface area contributed by atoms with Gasteiger partial charge >= 0.3 is 6.18 Å². The number of sulfonamides is 1. The van der Waals surface area contributed by atoms with Crippen LogP contribution in [-0.2, 0) is 14.8 Å². The van der Waals surface area contributed by atoms with Crippen molar-refractivity contribution in [1.82, 2.24) is 4.31 Å². The highest BCUT2D eigenvalue weighted by Crippen LogP contribution is 2.44. The van der Waals surface area contributed by atoms with Crippen LogP contribution < -0.4 is 0 Å². The maximum atomic E-state index is 14.6. The van der Waals surface area contributed by atoms with Gasteiger partial charge in [-0.3, -0.25) is 0 Å². The third-order valence-electron chi connectivity index (χ3n) is 8.87. The molecule has 3 aliphatic carbocycles. The summed E-state index contributed by atoms with van der Waals surface area (Å²) < 4.78 is 89.1. The second kappa shape index (κ2) is 10.7. The fraction of sp³-hybridized carbons (Fsp3) is 1.00. The molecule has 1 saturated heterocycles. The van der Waals surface area contributed by atoms with Crippen LogP contribution >= 0.6 is 11.6 Å². The quantitative estimate of drug-likeness (QED) is 0.319. The predicted molar refractivity (Wildman–Crippen MR) is 124 cm³/mol. The topological polar surface area (TPSA) is 46.6 Å². The standard InChI is InChI=1S/C24H38ClF4NO3S/c1-15(23-19(25)6-3-7-20(23)26)12-16-8-9-22-21(13-16)30(10-11-33-22)34(31,32)18-5-2-4-17(14-18)24(27,28)29/h15-23H,2-14H2,1H3. The highest BCUT2D eigenvalue weighted by molar-refractivity contribution is 7.89. The molecule has 0 bridgehead atoms. The van der Waals surface area contributed by atoms with Crippen LogP contribution in [0.4, 0.5) is 17.6 Å². The summed E-state index contributed by atoms with van der Waals surface area (Å²) in [5, 5.41) is -1.16. The molecule has 4 aliphatic rings. The summed E-state index contributed by atoms with van der Waals surface area (Å²) in [7, 11) is -3.87. The number of hydrogen-bond acceptors (Lipinski definition) is 3. The van der Waals surface area contributed by atoms with Crippen molar-refractivity contribution in [3.05, 3.63) is 0 Å². The summed E-state index contributed by atoms with van der Waals surface area (Å²) >= 11 is 6.49. The van der Waals surface area contributed by atoms with Crippen LogP contribution in [0.15, 0.2) is 0 Å². The molecule has 0 aromatic carbocycles. The molecule has 0 radical (unpaired) electrons. The molecule has 198 valence electrons. The molecule has 0 spiro atoms. The van der Waals surface area contributed by atoms with Crippen molar-refractivity contribution in [2.24, 2.45) is 23.7 Å². The molecule has 1 aliphatic heterocycles. The highest BCUT2D eigenvalue weighted by Gasteiger charge is 2.50. The minimum absolute atomic E-state index is 0.00292. The summed E-state index contributed by atoms with van der Waals surface area (Å²) in [6, 6.07) is -0.352. The number of rotatable bonds is 5. The monoisotopic (exact) mass is 531 g/mol. The van der Waals surface area contributed by atoms with Gasteiger partial charge in [0.2, 0.25) is 10.0 Å². The molecule has 34 heavy (non-hydrogen) atoms. The Morgan fingerprint density at radius 2 is 1.79 bits per heavy atom. The van der Waals surface area contributed by atoms with Crippen LogP contribution in [0.5, 0.6) is 0 Å².